The number of amides is 2. The summed E-state index contributed by atoms with van der Waals surface area (Å²) in [5.74, 6) is -1.61. The van der Waals surface area contributed by atoms with E-state index in [-0.39, 0.29) is 18.1 Å². The smallest absolute Gasteiger partial charge is 0.313 e. The zero-order chi connectivity index (χ0) is 16.3. The van der Waals surface area contributed by atoms with E-state index in [9.17, 15) is 18.0 Å². The topological polar surface area (TPSA) is 83.6 Å². The molecular weight excluding hydrogens is 328 g/mol. The van der Waals surface area contributed by atoms with E-state index in [0.717, 1.165) is 0 Å². The van der Waals surface area contributed by atoms with Gasteiger partial charge in [-0.2, -0.15) is 0 Å². The SMILES string of the molecule is CCN(C(=O)C(=O)Nc1ccccc1Cl)C1CCS(=O)(=O)C1. The van der Waals surface area contributed by atoms with Crippen LogP contribution in [0.2, 0.25) is 5.02 Å². The first-order chi connectivity index (χ1) is 10.3. The number of hydrogen-bond acceptors (Lipinski definition) is 4. The van der Waals surface area contributed by atoms with Gasteiger partial charge in [0.05, 0.1) is 22.2 Å². The zero-order valence-electron chi connectivity index (χ0n) is 12.1. The Morgan fingerprint density at radius 2 is 2.05 bits per heavy atom. The van der Waals surface area contributed by atoms with Crippen LogP contribution in [0.4, 0.5) is 5.69 Å². The van der Waals surface area contributed by atoms with E-state index in [0.29, 0.717) is 17.1 Å². The maximum Gasteiger partial charge on any atom is 0.313 e. The third-order valence-electron chi connectivity index (χ3n) is 3.57. The van der Waals surface area contributed by atoms with Crippen molar-refractivity contribution in [2.24, 2.45) is 0 Å². The molecule has 0 bridgehead atoms. The van der Waals surface area contributed by atoms with E-state index >= 15 is 0 Å². The van der Waals surface area contributed by atoms with Gasteiger partial charge in [0.25, 0.3) is 0 Å². The zero-order valence-corrected chi connectivity index (χ0v) is 13.7. The number of rotatable bonds is 3. The fourth-order valence-corrected chi connectivity index (χ4v) is 4.37. The molecule has 1 aliphatic rings. The molecule has 0 radical (unpaired) electrons. The Labute approximate surface area is 134 Å². The van der Waals surface area contributed by atoms with Crippen LogP contribution in [0.1, 0.15) is 13.3 Å². The van der Waals surface area contributed by atoms with E-state index in [1.54, 1.807) is 31.2 Å². The molecule has 0 saturated carbocycles. The summed E-state index contributed by atoms with van der Waals surface area (Å²) < 4.78 is 23.1. The number of carbonyl (C=O) groups is 2. The third kappa shape index (κ3) is 3.78. The number of carbonyl (C=O) groups excluding carboxylic acids is 2. The summed E-state index contributed by atoms with van der Waals surface area (Å²) in [5, 5.41) is 2.79. The van der Waals surface area contributed by atoms with Gasteiger partial charge < -0.3 is 10.2 Å². The predicted molar refractivity (Wildman–Crippen MR) is 84.5 cm³/mol. The van der Waals surface area contributed by atoms with Crippen LogP contribution < -0.4 is 5.32 Å². The maximum atomic E-state index is 12.3. The first-order valence-corrected chi connectivity index (χ1v) is 9.11. The summed E-state index contributed by atoms with van der Waals surface area (Å²) in [6.45, 7) is 1.99. The van der Waals surface area contributed by atoms with Crippen LogP contribution in [-0.2, 0) is 19.4 Å². The lowest BCUT2D eigenvalue weighted by Crippen LogP contribution is -2.46. The molecule has 1 N–H and O–H groups in total. The molecule has 1 saturated heterocycles. The second-order valence-electron chi connectivity index (χ2n) is 5.08. The van der Waals surface area contributed by atoms with Gasteiger partial charge in [-0.05, 0) is 25.5 Å². The van der Waals surface area contributed by atoms with Crippen molar-refractivity contribution in [1.29, 1.82) is 0 Å². The van der Waals surface area contributed by atoms with Gasteiger partial charge in [0, 0.05) is 12.6 Å². The van der Waals surface area contributed by atoms with Crippen LogP contribution in [-0.4, -0.2) is 49.2 Å². The van der Waals surface area contributed by atoms with Crippen LogP contribution in [0.25, 0.3) is 0 Å². The highest BCUT2D eigenvalue weighted by atomic mass is 35.5. The number of likely N-dealkylation sites (N-methyl/N-ethyl adjacent to an activating group) is 1. The summed E-state index contributed by atoms with van der Waals surface area (Å²) in [4.78, 5) is 25.6. The Kier molecular flexibility index (Phi) is 5.08. The van der Waals surface area contributed by atoms with Gasteiger partial charge in [0.15, 0.2) is 9.84 Å². The van der Waals surface area contributed by atoms with E-state index < -0.39 is 27.7 Å². The summed E-state index contributed by atoms with van der Waals surface area (Å²) in [5.41, 5.74) is 0.345. The van der Waals surface area contributed by atoms with Crippen molar-refractivity contribution >= 4 is 38.9 Å². The van der Waals surface area contributed by atoms with Gasteiger partial charge in [0.2, 0.25) is 0 Å². The number of para-hydroxylation sites is 1. The van der Waals surface area contributed by atoms with E-state index in [1.165, 1.54) is 4.90 Å². The van der Waals surface area contributed by atoms with E-state index in [4.69, 9.17) is 11.6 Å². The van der Waals surface area contributed by atoms with Crippen molar-refractivity contribution < 1.29 is 18.0 Å². The van der Waals surface area contributed by atoms with Gasteiger partial charge in [0.1, 0.15) is 0 Å². The van der Waals surface area contributed by atoms with Gasteiger partial charge >= 0.3 is 11.8 Å². The molecule has 0 aromatic heterocycles. The van der Waals surface area contributed by atoms with Gasteiger partial charge in [-0.3, -0.25) is 9.59 Å². The first kappa shape index (κ1) is 16.8. The van der Waals surface area contributed by atoms with Crippen molar-refractivity contribution in [2.45, 2.75) is 19.4 Å². The highest BCUT2D eigenvalue weighted by molar-refractivity contribution is 7.91. The van der Waals surface area contributed by atoms with Crippen LogP contribution in [0.15, 0.2) is 24.3 Å². The minimum Gasteiger partial charge on any atom is -0.331 e. The van der Waals surface area contributed by atoms with Crippen molar-refractivity contribution in [1.82, 2.24) is 4.90 Å². The molecular formula is C14H17ClN2O4S. The van der Waals surface area contributed by atoms with Gasteiger partial charge in [-0.1, -0.05) is 23.7 Å². The Morgan fingerprint density at radius 1 is 1.36 bits per heavy atom. The molecule has 6 nitrogen and oxygen atoms in total. The predicted octanol–water partition coefficient (Wildman–Crippen LogP) is 1.31. The van der Waals surface area contributed by atoms with Crippen molar-refractivity contribution in [3.8, 4) is 0 Å². The Balaban J connectivity index is 2.08. The Morgan fingerprint density at radius 3 is 2.59 bits per heavy atom. The highest BCUT2D eigenvalue weighted by Crippen LogP contribution is 2.21. The van der Waals surface area contributed by atoms with Crippen LogP contribution in [0.3, 0.4) is 0 Å². The van der Waals surface area contributed by atoms with E-state index in [2.05, 4.69) is 5.32 Å². The largest absolute Gasteiger partial charge is 0.331 e. The summed E-state index contributed by atoms with van der Waals surface area (Å²) >= 11 is 5.93. The van der Waals surface area contributed by atoms with Crippen LogP contribution in [0, 0.1) is 0 Å². The highest BCUT2D eigenvalue weighted by Gasteiger charge is 2.36. The standard InChI is InChI=1S/C14H17ClN2O4S/c1-2-17(10-7-8-22(20,21)9-10)14(19)13(18)16-12-6-4-3-5-11(12)15/h3-6,10H,2,7-9H2,1H3,(H,16,18). The molecule has 1 aliphatic heterocycles. The first-order valence-electron chi connectivity index (χ1n) is 6.91. The number of halogens is 1. The summed E-state index contributed by atoms with van der Waals surface area (Å²) in [6, 6.07) is 6.14. The summed E-state index contributed by atoms with van der Waals surface area (Å²) in [7, 11) is -3.12. The molecule has 1 aromatic carbocycles. The molecule has 2 amide bonds. The second kappa shape index (κ2) is 6.66. The molecule has 2 rings (SSSR count). The number of nitrogens with zero attached hydrogens (tertiary/aromatic N) is 1. The van der Waals surface area contributed by atoms with Crippen LogP contribution >= 0.6 is 11.6 Å². The van der Waals surface area contributed by atoms with Crippen molar-refractivity contribution in [2.75, 3.05) is 23.4 Å². The molecule has 120 valence electrons. The normalized spacial score (nSPS) is 19.6. The van der Waals surface area contributed by atoms with Gasteiger partial charge in [-0.25, -0.2) is 8.42 Å². The molecule has 1 fully saturated rings. The maximum absolute atomic E-state index is 12.3. The summed E-state index contributed by atoms with van der Waals surface area (Å²) in [6.07, 6.45) is 0.362. The molecule has 1 atom stereocenters. The second-order valence-corrected chi connectivity index (χ2v) is 7.72. The minimum absolute atomic E-state index is 0.0492. The molecule has 0 spiro atoms. The quantitative estimate of drug-likeness (QED) is 0.838. The molecule has 22 heavy (non-hydrogen) atoms. The Bertz CT molecular complexity index is 690. The number of sulfone groups is 1. The molecule has 1 unspecified atom stereocenters. The fraction of sp³-hybridized carbons (Fsp3) is 0.429. The monoisotopic (exact) mass is 344 g/mol. The van der Waals surface area contributed by atoms with Gasteiger partial charge in [-0.15, -0.1) is 0 Å². The average Bonchev–Trinajstić information content (AvgIpc) is 2.82. The molecule has 0 aliphatic carbocycles. The number of benzene rings is 1. The lowest BCUT2D eigenvalue weighted by molar-refractivity contribution is -0.144. The third-order valence-corrected chi connectivity index (χ3v) is 5.65. The minimum atomic E-state index is -3.12. The lowest BCUT2D eigenvalue weighted by Gasteiger charge is -2.26. The van der Waals surface area contributed by atoms with Crippen LogP contribution in [0.5, 0.6) is 0 Å². The number of anilines is 1. The number of hydrogen-bond donors (Lipinski definition) is 1. The molecule has 8 heteroatoms. The van der Waals surface area contributed by atoms with Crippen molar-refractivity contribution in [3.63, 3.8) is 0 Å². The molecule has 1 aromatic rings. The fourth-order valence-electron chi connectivity index (χ4n) is 2.46. The van der Waals surface area contributed by atoms with Crippen molar-refractivity contribution in [3.05, 3.63) is 29.3 Å². The lowest BCUT2D eigenvalue weighted by atomic mass is 10.2. The molecule has 1 heterocycles. The number of nitrogens with one attached hydrogen (secondary N) is 1. The van der Waals surface area contributed by atoms with E-state index in [1.807, 2.05) is 0 Å². The Hall–Kier alpha value is -1.60. The average molecular weight is 345 g/mol.